The number of carbonyl (C=O) groups excluding carboxylic acids is 1. The maximum atomic E-state index is 13.1. The molecule has 154 valence electrons. The van der Waals surface area contributed by atoms with E-state index in [1.165, 1.54) is 29.3 Å². The molecule has 0 radical (unpaired) electrons. The topological polar surface area (TPSA) is 57.0 Å². The van der Waals surface area contributed by atoms with Gasteiger partial charge in [-0.25, -0.2) is 0 Å². The average molecular weight is 420 g/mol. The Morgan fingerprint density at radius 3 is 2.83 bits per heavy atom. The van der Waals surface area contributed by atoms with E-state index in [1.807, 2.05) is 41.8 Å². The van der Waals surface area contributed by atoms with E-state index in [0.717, 1.165) is 29.7 Å². The van der Waals surface area contributed by atoms with Gasteiger partial charge in [-0.3, -0.25) is 9.36 Å². The lowest BCUT2D eigenvalue weighted by molar-refractivity contribution is 0.0993. The molecule has 0 N–H and O–H groups in total. The van der Waals surface area contributed by atoms with Gasteiger partial charge < -0.3 is 4.74 Å². The number of ether oxygens (including phenoxy) is 1. The second-order valence-corrected chi connectivity index (χ2v) is 8.68. The molecule has 1 heterocycles. The van der Waals surface area contributed by atoms with Gasteiger partial charge in [-0.1, -0.05) is 42.1 Å². The van der Waals surface area contributed by atoms with Crippen LogP contribution in [0.3, 0.4) is 0 Å². The predicted molar refractivity (Wildman–Crippen MR) is 120 cm³/mol. The lowest BCUT2D eigenvalue weighted by atomic mass is 10.0. The van der Waals surface area contributed by atoms with Crippen LogP contribution in [0.25, 0.3) is 11.4 Å². The number of ketones is 1. The summed E-state index contributed by atoms with van der Waals surface area (Å²) >= 11 is 1.43. The molecule has 0 unspecified atom stereocenters. The predicted octanol–water partition coefficient (Wildman–Crippen LogP) is 4.99. The van der Waals surface area contributed by atoms with E-state index in [0.29, 0.717) is 17.5 Å². The van der Waals surface area contributed by atoms with E-state index >= 15 is 0 Å². The number of carbonyl (C=O) groups is 1. The van der Waals surface area contributed by atoms with Gasteiger partial charge in [-0.2, -0.15) is 0 Å². The normalized spacial score (nSPS) is 13.7. The number of thioether (sulfide) groups is 1. The zero-order valence-electron chi connectivity index (χ0n) is 17.3. The van der Waals surface area contributed by atoms with Gasteiger partial charge in [0.25, 0.3) is 0 Å². The number of allylic oxidation sites excluding steroid dienone is 1. The maximum Gasteiger partial charge on any atom is 0.192 e. The molecule has 0 spiro atoms. The molecule has 5 nitrogen and oxygen atoms in total. The Hall–Kier alpha value is -2.86. The smallest absolute Gasteiger partial charge is 0.192 e. The van der Waals surface area contributed by atoms with Gasteiger partial charge in [0.2, 0.25) is 0 Å². The van der Waals surface area contributed by atoms with Crippen LogP contribution in [0.15, 0.2) is 60.3 Å². The third kappa shape index (κ3) is 3.92. The molecule has 0 saturated carbocycles. The van der Waals surface area contributed by atoms with E-state index in [1.54, 1.807) is 13.2 Å². The van der Waals surface area contributed by atoms with Crippen molar-refractivity contribution in [1.82, 2.24) is 14.8 Å². The van der Waals surface area contributed by atoms with Crippen LogP contribution in [0.2, 0.25) is 0 Å². The van der Waals surface area contributed by atoms with Crippen LogP contribution in [0.4, 0.5) is 0 Å². The van der Waals surface area contributed by atoms with E-state index in [9.17, 15) is 4.79 Å². The minimum Gasteiger partial charge on any atom is -0.496 e. The summed E-state index contributed by atoms with van der Waals surface area (Å²) in [5.41, 5.74) is 4.32. The van der Waals surface area contributed by atoms with Crippen molar-refractivity contribution >= 4 is 17.5 Å². The summed E-state index contributed by atoms with van der Waals surface area (Å²) in [6.45, 7) is 6.34. The summed E-state index contributed by atoms with van der Waals surface area (Å²) in [6, 6.07) is 13.8. The number of fused-ring (bicyclic) bond motifs is 1. The van der Waals surface area contributed by atoms with Crippen LogP contribution >= 0.6 is 11.8 Å². The Morgan fingerprint density at radius 2 is 2.03 bits per heavy atom. The fourth-order valence-electron chi connectivity index (χ4n) is 3.87. The number of benzene rings is 2. The number of hydrogen-bond acceptors (Lipinski definition) is 5. The number of aromatic nitrogens is 3. The van der Waals surface area contributed by atoms with Crippen molar-refractivity contribution in [3.05, 3.63) is 71.8 Å². The zero-order valence-corrected chi connectivity index (χ0v) is 18.1. The maximum absolute atomic E-state index is 13.1. The van der Waals surface area contributed by atoms with Crippen LogP contribution in [-0.4, -0.2) is 32.9 Å². The highest BCUT2D eigenvalue weighted by molar-refractivity contribution is 8.00. The minimum atomic E-state index is -0.275. The molecule has 2 aromatic carbocycles. The highest BCUT2D eigenvalue weighted by Crippen LogP contribution is 2.33. The molecule has 0 amide bonds. The van der Waals surface area contributed by atoms with Gasteiger partial charge in [0.05, 0.1) is 17.9 Å². The zero-order chi connectivity index (χ0) is 21.1. The van der Waals surface area contributed by atoms with E-state index < -0.39 is 0 Å². The van der Waals surface area contributed by atoms with E-state index in [4.69, 9.17) is 4.74 Å². The Morgan fingerprint density at radius 1 is 1.23 bits per heavy atom. The monoisotopic (exact) mass is 419 g/mol. The van der Waals surface area contributed by atoms with Crippen molar-refractivity contribution in [2.75, 3.05) is 7.11 Å². The van der Waals surface area contributed by atoms with Crippen molar-refractivity contribution in [3.63, 3.8) is 0 Å². The summed E-state index contributed by atoms with van der Waals surface area (Å²) in [4.78, 5) is 13.1. The number of para-hydroxylation sites is 1. The number of nitrogens with zero attached hydrogens (tertiary/aromatic N) is 3. The van der Waals surface area contributed by atoms with Crippen LogP contribution < -0.4 is 4.74 Å². The molecule has 0 bridgehead atoms. The number of Topliss-reactive ketones (excluding diaryl/α,β-unsaturated/α-hetero) is 1. The quantitative estimate of drug-likeness (QED) is 0.292. The van der Waals surface area contributed by atoms with Crippen molar-refractivity contribution < 1.29 is 9.53 Å². The molecule has 30 heavy (non-hydrogen) atoms. The van der Waals surface area contributed by atoms with Crippen molar-refractivity contribution in [1.29, 1.82) is 0 Å². The highest BCUT2D eigenvalue weighted by atomic mass is 32.2. The number of hydrogen-bond donors (Lipinski definition) is 0. The lowest BCUT2D eigenvalue weighted by Gasteiger charge is -2.13. The summed E-state index contributed by atoms with van der Waals surface area (Å²) in [6.07, 6.45) is 5.16. The second-order valence-electron chi connectivity index (χ2n) is 7.37. The molecule has 6 heteroatoms. The summed E-state index contributed by atoms with van der Waals surface area (Å²) in [5, 5.41) is 9.20. The molecule has 1 aliphatic carbocycles. The molecule has 3 aromatic rings. The first-order chi connectivity index (χ1) is 14.6. The minimum absolute atomic E-state index is 0.113. The summed E-state index contributed by atoms with van der Waals surface area (Å²) in [7, 11) is 1.64. The first-order valence-electron chi connectivity index (χ1n) is 10.1. The third-order valence-electron chi connectivity index (χ3n) is 5.41. The fraction of sp³-hybridized carbons (Fsp3) is 0.292. The number of rotatable bonds is 8. The molecule has 0 aliphatic heterocycles. The van der Waals surface area contributed by atoms with Gasteiger partial charge in [-0.15, -0.1) is 16.8 Å². The Kier molecular flexibility index (Phi) is 6.04. The Balaban J connectivity index is 1.60. The van der Waals surface area contributed by atoms with Gasteiger partial charge in [-0.05, 0) is 55.5 Å². The fourth-order valence-corrected chi connectivity index (χ4v) is 4.81. The van der Waals surface area contributed by atoms with Crippen molar-refractivity contribution in [2.45, 2.75) is 43.1 Å². The first-order valence-corrected chi connectivity index (χ1v) is 11.0. The Labute approximate surface area is 181 Å². The van der Waals surface area contributed by atoms with Crippen LogP contribution in [0.5, 0.6) is 5.75 Å². The van der Waals surface area contributed by atoms with E-state index in [-0.39, 0.29) is 11.0 Å². The molecule has 1 atom stereocenters. The molecule has 0 saturated heterocycles. The summed E-state index contributed by atoms with van der Waals surface area (Å²) < 4.78 is 7.46. The third-order valence-corrected chi connectivity index (χ3v) is 6.49. The molecule has 1 aliphatic rings. The van der Waals surface area contributed by atoms with Gasteiger partial charge in [0.15, 0.2) is 16.8 Å². The standard InChI is InChI=1S/C24H25N3O2S/c1-4-14-27-23(20-10-5-6-11-21(20)29-3)25-26-24(27)30-16(2)22(28)19-13-12-17-8-7-9-18(17)15-19/h4-6,10-13,15-16H,1,7-9,14H2,2-3H3/t16-/m1/s1. The lowest BCUT2D eigenvalue weighted by Crippen LogP contribution is -2.15. The molecule has 1 aromatic heterocycles. The summed E-state index contributed by atoms with van der Waals surface area (Å²) in [5.74, 6) is 1.54. The largest absolute Gasteiger partial charge is 0.496 e. The van der Waals surface area contributed by atoms with Gasteiger partial charge in [0, 0.05) is 12.1 Å². The van der Waals surface area contributed by atoms with Crippen LogP contribution in [0.1, 0.15) is 34.8 Å². The average Bonchev–Trinajstić information content (AvgIpc) is 3.40. The highest BCUT2D eigenvalue weighted by Gasteiger charge is 2.23. The SMILES string of the molecule is C=CCn1c(S[C@H](C)C(=O)c2ccc3c(c2)CCC3)nnc1-c1ccccc1OC. The van der Waals surface area contributed by atoms with E-state index in [2.05, 4.69) is 28.9 Å². The Bertz CT molecular complexity index is 1090. The van der Waals surface area contributed by atoms with Gasteiger partial charge in [0.1, 0.15) is 5.75 Å². The second kappa shape index (κ2) is 8.88. The number of aryl methyl sites for hydroxylation is 2. The van der Waals surface area contributed by atoms with Crippen molar-refractivity contribution in [2.24, 2.45) is 0 Å². The number of methoxy groups -OCH3 is 1. The molecule has 4 rings (SSSR count). The van der Waals surface area contributed by atoms with Crippen LogP contribution in [0, 0.1) is 0 Å². The van der Waals surface area contributed by atoms with Gasteiger partial charge >= 0.3 is 0 Å². The molecular formula is C24H25N3O2S. The van der Waals surface area contributed by atoms with Crippen molar-refractivity contribution in [3.8, 4) is 17.1 Å². The molecule has 0 fully saturated rings. The molecular weight excluding hydrogens is 394 g/mol. The first kappa shape index (κ1) is 20.4. The van der Waals surface area contributed by atoms with Crippen LogP contribution in [-0.2, 0) is 19.4 Å².